The van der Waals surface area contributed by atoms with Gasteiger partial charge in [-0.05, 0) is 93.2 Å². The van der Waals surface area contributed by atoms with Gasteiger partial charge in [0, 0.05) is 18.1 Å². The van der Waals surface area contributed by atoms with Gasteiger partial charge in [0.2, 0.25) is 0 Å². The fraction of sp³-hybridized carbons (Fsp3) is 0.375. The summed E-state index contributed by atoms with van der Waals surface area (Å²) < 4.78 is 2.33. The lowest BCUT2D eigenvalue weighted by Crippen LogP contribution is -2.31. The molecule has 0 bridgehead atoms. The summed E-state index contributed by atoms with van der Waals surface area (Å²) in [7, 11) is 2.21. The van der Waals surface area contributed by atoms with Crippen LogP contribution in [0.25, 0.3) is 17.1 Å². The zero-order chi connectivity index (χ0) is 19.7. The summed E-state index contributed by atoms with van der Waals surface area (Å²) in [6.07, 6.45) is 7.11. The van der Waals surface area contributed by atoms with Crippen molar-refractivity contribution in [2.45, 2.75) is 33.2 Å². The molecule has 1 aromatic heterocycles. The Morgan fingerprint density at radius 2 is 1.89 bits per heavy atom. The molecule has 146 valence electrons. The predicted molar refractivity (Wildman–Crippen MR) is 119 cm³/mol. The lowest BCUT2D eigenvalue weighted by Gasteiger charge is -2.27. The van der Waals surface area contributed by atoms with Gasteiger partial charge in [0.15, 0.2) is 0 Å². The molecule has 1 aliphatic heterocycles. The van der Waals surface area contributed by atoms with Crippen molar-refractivity contribution in [1.82, 2.24) is 14.5 Å². The summed E-state index contributed by atoms with van der Waals surface area (Å²) >= 11 is 6.07. The summed E-state index contributed by atoms with van der Waals surface area (Å²) in [5.74, 6) is 1.63. The van der Waals surface area contributed by atoms with Crippen LogP contribution in [-0.2, 0) is 6.54 Å². The van der Waals surface area contributed by atoms with Crippen LogP contribution in [0.4, 0.5) is 0 Å². The maximum absolute atomic E-state index is 6.07. The molecule has 0 aliphatic carbocycles. The second-order valence-electron chi connectivity index (χ2n) is 8.13. The summed E-state index contributed by atoms with van der Waals surface area (Å²) in [5.41, 5.74) is 6.08. The van der Waals surface area contributed by atoms with Crippen molar-refractivity contribution in [2.75, 3.05) is 20.1 Å². The Labute approximate surface area is 172 Å². The summed E-state index contributed by atoms with van der Waals surface area (Å²) in [6.45, 7) is 7.45. The molecular formula is C24H28ClN3. The Morgan fingerprint density at radius 1 is 1.14 bits per heavy atom. The monoisotopic (exact) mass is 393 g/mol. The van der Waals surface area contributed by atoms with Crippen LogP contribution >= 0.6 is 11.6 Å². The molecule has 0 N–H and O–H groups in total. The lowest BCUT2D eigenvalue weighted by atomic mass is 9.98. The molecule has 2 heterocycles. The van der Waals surface area contributed by atoms with Gasteiger partial charge in [0.25, 0.3) is 0 Å². The number of benzene rings is 2. The molecule has 1 atom stereocenters. The van der Waals surface area contributed by atoms with Crippen LogP contribution in [0.2, 0.25) is 5.02 Å². The van der Waals surface area contributed by atoms with E-state index in [1.54, 1.807) is 0 Å². The molecule has 2 aromatic carbocycles. The summed E-state index contributed by atoms with van der Waals surface area (Å²) in [5, 5.41) is 0.771. The van der Waals surface area contributed by atoms with Crippen LogP contribution in [0.5, 0.6) is 0 Å². The second-order valence-corrected chi connectivity index (χ2v) is 8.57. The summed E-state index contributed by atoms with van der Waals surface area (Å²) in [4.78, 5) is 7.39. The van der Waals surface area contributed by atoms with Crippen LogP contribution in [0.15, 0.2) is 42.5 Å². The molecular weight excluding hydrogens is 366 g/mol. The van der Waals surface area contributed by atoms with Crippen molar-refractivity contribution in [3.8, 4) is 0 Å². The molecule has 0 saturated carbocycles. The van der Waals surface area contributed by atoms with Crippen LogP contribution in [0, 0.1) is 19.8 Å². The Morgan fingerprint density at radius 3 is 2.64 bits per heavy atom. The van der Waals surface area contributed by atoms with Gasteiger partial charge in [-0.15, -0.1) is 0 Å². The number of imidazole rings is 1. The Balaban J connectivity index is 1.72. The third-order valence-electron chi connectivity index (χ3n) is 5.83. The number of piperidine rings is 1. The number of aryl methyl sites for hydroxylation is 2. The normalized spacial score (nSPS) is 18.4. The number of halogens is 1. The minimum Gasteiger partial charge on any atom is -0.320 e. The number of hydrogen-bond acceptors (Lipinski definition) is 2. The van der Waals surface area contributed by atoms with E-state index in [-0.39, 0.29) is 0 Å². The topological polar surface area (TPSA) is 21.1 Å². The Hall–Kier alpha value is -2.10. The molecule has 1 unspecified atom stereocenters. The van der Waals surface area contributed by atoms with Crippen molar-refractivity contribution < 1.29 is 0 Å². The first-order chi connectivity index (χ1) is 13.5. The quantitative estimate of drug-likeness (QED) is 0.566. The molecule has 0 radical (unpaired) electrons. The van der Waals surface area contributed by atoms with E-state index in [2.05, 4.69) is 66.8 Å². The molecule has 0 spiro atoms. The average molecular weight is 394 g/mol. The fourth-order valence-electron chi connectivity index (χ4n) is 4.05. The number of rotatable bonds is 4. The van der Waals surface area contributed by atoms with E-state index in [1.807, 2.05) is 12.1 Å². The SMILES string of the molecule is Cc1cc2nc(/C=C/C3CCCN(C)C3)n(Cc3ccc(Cl)cc3)c2cc1C. The molecule has 28 heavy (non-hydrogen) atoms. The van der Waals surface area contributed by atoms with Gasteiger partial charge in [0.1, 0.15) is 5.82 Å². The first-order valence-corrected chi connectivity index (χ1v) is 10.5. The number of aromatic nitrogens is 2. The highest BCUT2D eigenvalue weighted by Gasteiger charge is 2.16. The molecule has 1 saturated heterocycles. The zero-order valence-electron chi connectivity index (χ0n) is 17.0. The number of fused-ring (bicyclic) bond motifs is 1. The first-order valence-electron chi connectivity index (χ1n) is 10.1. The molecule has 4 rings (SSSR count). The molecule has 4 heteroatoms. The smallest absolute Gasteiger partial charge is 0.133 e. The molecule has 3 nitrogen and oxygen atoms in total. The molecule has 0 amide bonds. The maximum atomic E-state index is 6.07. The Kier molecular flexibility index (Phi) is 5.56. The van der Waals surface area contributed by atoms with Crippen LogP contribution in [0.3, 0.4) is 0 Å². The molecule has 1 aliphatic rings. The molecule has 1 fully saturated rings. The third-order valence-corrected chi connectivity index (χ3v) is 6.08. The van der Waals surface area contributed by atoms with Crippen molar-refractivity contribution in [2.24, 2.45) is 5.92 Å². The van der Waals surface area contributed by atoms with Crippen LogP contribution < -0.4 is 0 Å². The first kappa shape index (κ1) is 19.2. The van der Waals surface area contributed by atoms with Gasteiger partial charge in [0.05, 0.1) is 11.0 Å². The van der Waals surface area contributed by atoms with Crippen molar-refractivity contribution in [3.63, 3.8) is 0 Å². The van der Waals surface area contributed by atoms with Crippen LogP contribution in [-0.4, -0.2) is 34.6 Å². The molecule has 3 aromatic rings. The highest BCUT2D eigenvalue weighted by Crippen LogP contribution is 2.24. The minimum absolute atomic E-state index is 0.603. The highest BCUT2D eigenvalue weighted by molar-refractivity contribution is 6.30. The van der Waals surface area contributed by atoms with Gasteiger partial charge in [-0.3, -0.25) is 0 Å². The third kappa shape index (κ3) is 4.16. The van der Waals surface area contributed by atoms with E-state index in [0.717, 1.165) is 29.5 Å². The number of hydrogen-bond donors (Lipinski definition) is 0. The van der Waals surface area contributed by atoms with Crippen LogP contribution in [0.1, 0.15) is 35.4 Å². The van der Waals surface area contributed by atoms with E-state index in [1.165, 1.54) is 41.6 Å². The Bertz CT molecular complexity index is 1000. The van der Waals surface area contributed by atoms with Gasteiger partial charge in [-0.25, -0.2) is 4.98 Å². The largest absolute Gasteiger partial charge is 0.320 e. The minimum atomic E-state index is 0.603. The van der Waals surface area contributed by atoms with Gasteiger partial charge >= 0.3 is 0 Å². The van der Waals surface area contributed by atoms with Gasteiger partial charge in [-0.1, -0.05) is 29.8 Å². The van der Waals surface area contributed by atoms with E-state index in [9.17, 15) is 0 Å². The maximum Gasteiger partial charge on any atom is 0.133 e. The average Bonchev–Trinajstić information content (AvgIpc) is 2.99. The zero-order valence-corrected chi connectivity index (χ0v) is 17.7. The highest BCUT2D eigenvalue weighted by atomic mass is 35.5. The van der Waals surface area contributed by atoms with E-state index >= 15 is 0 Å². The lowest BCUT2D eigenvalue weighted by molar-refractivity contribution is 0.238. The van der Waals surface area contributed by atoms with Gasteiger partial charge in [-0.2, -0.15) is 0 Å². The van der Waals surface area contributed by atoms with Gasteiger partial charge < -0.3 is 9.47 Å². The van der Waals surface area contributed by atoms with Crippen molar-refractivity contribution in [3.05, 3.63) is 70.0 Å². The fourth-order valence-corrected chi connectivity index (χ4v) is 4.18. The number of likely N-dealkylation sites (tertiary alicyclic amines) is 1. The standard InChI is InChI=1S/C24H28ClN3/c1-17-13-22-23(14-18(17)2)28(16-20-6-9-21(25)10-7-20)24(26-22)11-8-19-5-4-12-27(3)15-19/h6-11,13-14,19H,4-5,12,15-16H2,1-3H3/b11-8+. The predicted octanol–water partition coefficient (Wildman–Crippen LogP) is 5.71. The van der Waals surface area contributed by atoms with Crippen molar-refractivity contribution >= 4 is 28.7 Å². The second kappa shape index (κ2) is 8.10. The van der Waals surface area contributed by atoms with E-state index < -0.39 is 0 Å². The van der Waals surface area contributed by atoms with Crippen molar-refractivity contribution in [1.29, 1.82) is 0 Å². The number of nitrogens with zero attached hydrogens (tertiary/aromatic N) is 3. The summed E-state index contributed by atoms with van der Waals surface area (Å²) in [6, 6.07) is 12.6. The van der Waals surface area contributed by atoms with E-state index in [4.69, 9.17) is 16.6 Å². The van der Waals surface area contributed by atoms with E-state index in [0.29, 0.717) is 5.92 Å².